The van der Waals surface area contributed by atoms with Crippen molar-refractivity contribution in [2.75, 3.05) is 51.2 Å². The predicted molar refractivity (Wildman–Crippen MR) is 103 cm³/mol. The summed E-state index contributed by atoms with van der Waals surface area (Å²) in [7, 11) is 3.12. The highest BCUT2D eigenvalue weighted by Crippen LogP contribution is 2.28. The molecule has 0 spiro atoms. The fraction of sp³-hybridized carbons (Fsp3) is 0.500. The smallest absolute Gasteiger partial charge is 0.228 e. The van der Waals surface area contributed by atoms with Crippen LogP contribution < -0.4 is 14.4 Å². The standard InChI is InChI=1S/C18H24N4O4S/c1-4-22-17(21-7-9-26-10-8-21)19-20-18(22)27-12-15(23)14-11-13(24-2)5-6-16(14)25-3/h5-6,11H,4,7-10,12H2,1-3H3. The molecule has 0 bridgehead atoms. The van der Waals surface area contributed by atoms with Crippen LogP contribution >= 0.6 is 11.8 Å². The molecule has 0 unspecified atom stereocenters. The number of aromatic nitrogens is 3. The van der Waals surface area contributed by atoms with Gasteiger partial charge in [-0.05, 0) is 25.1 Å². The molecule has 1 aliphatic rings. The lowest BCUT2D eigenvalue weighted by Gasteiger charge is -2.27. The van der Waals surface area contributed by atoms with Gasteiger partial charge in [-0.15, -0.1) is 10.2 Å². The molecule has 0 N–H and O–H groups in total. The van der Waals surface area contributed by atoms with Gasteiger partial charge in [0.25, 0.3) is 0 Å². The Morgan fingerprint density at radius 1 is 1.22 bits per heavy atom. The van der Waals surface area contributed by atoms with Crippen LogP contribution in [0.4, 0.5) is 5.95 Å². The van der Waals surface area contributed by atoms with E-state index in [9.17, 15) is 4.79 Å². The molecular formula is C18H24N4O4S. The lowest BCUT2D eigenvalue weighted by Crippen LogP contribution is -2.38. The van der Waals surface area contributed by atoms with Crippen LogP contribution in [-0.2, 0) is 11.3 Å². The lowest BCUT2D eigenvalue weighted by atomic mass is 10.1. The number of Topliss-reactive ketones (excluding diaryl/α,β-unsaturated/α-hetero) is 1. The summed E-state index contributed by atoms with van der Waals surface area (Å²) in [4.78, 5) is 14.9. The first-order chi connectivity index (χ1) is 13.2. The SMILES string of the molecule is CCn1c(SCC(=O)c2cc(OC)ccc2OC)nnc1N1CCOCC1. The predicted octanol–water partition coefficient (Wildman–Crippen LogP) is 2.13. The Hall–Kier alpha value is -2.26. The average Bonchev–Trinajstić information content (AvgIpc) is 3.15. The van der Waals surface area contributed by atoms with Crippen LogP contribution in [0.2, 0.25) is 0 Å². The number of benzene rings is 1. The number of morpholine rings is 1. The van der Waals surface area contributed by atoms with Crippen molar-refractivity contribution in [2.24, 2.45) is 0 Å². The van der Waals surface area contributed by atoms with E-state index in [1.807, 2.05) is 11.5 Å². The van der Waals surface area contributed by atoms with Gasteiger partial charge in [0.2, 0.25) is 5.95 Å². The van der Waals surface area contributed by atoms with Gasteiger partial charge in [0.05, 0.1) is 38.7 Å². The summed E-state index contributed by atoms with van der Waals surface area (Å²) in [6.45, 7) is 5.74. The molecule has 146 valence electrons. The van der Waals surface area contributed by atoms with Crippen molar-refractivity contribution in [3.8, 4) is 11.5 Å². The van der Waals surface area contributed by atoms with Crippen LogP contribution in [0.5, 0.6) is 11.5 Å². The summed E-state index contributed by atoms with van der Waals surface area (Å²) < 4.78 is 18.0. The van der Waals surface area contributed by atoms with E-state index >= 15 is 0 Å². The second-order valence-electron chi connectivity index (χ2n) is 5.90. The summed E-state index contributed by atoms with van der Waals surface area (Å²) in [6, 6.07) is 5.21. The van der Waals surface area contributed by atoms with E-state index in [0.29, 0.717) is 30.3 Å². The summed E-state index contributed by atoms with van der Waals surface area (Å²) in [5.41, 5.74) is 0.500. The first-order valence-corrected chi connectivity index (χ1v) is 9.80. The van der Waals surface area contributed by atoms with Gasteiger partial charge in [-0.25, -0.2) is 0 Å². The minimum Gasteiger partial charge on any atom is -0.497 e. The highest BCUT2D eigenvalue weighted by molar-refractivity contribution is 7.99. The maximum atomic E-state index is 12.7. The number of ether oxygens (including phenoxy) is 3. The number of carbonyl (C=O) groups excluding carboxylic acids is 1. The highest BCUT2D eigenvalue weighted by atomic mass is 32.2. The van der Waals surface area contributed by atoms with E-state index in [1.165, 1.54) is 11.8 Å². The van der Waals surface area contributed by atoms with Crippen LogP contribution in [0, 0.1) is 0 Å². The summed E-state index contributed by atoms with van der Waals surface area (Å²) in [5, 5.41) is 9.35. The third-order valence-corrected chi connectivity index (χ3v) is 5.31. The number of methoxy groups -OCH3 is 2. The lowest BCUT2D eigenvalue weighted by molar-refractivity contribution is 0.101. The molecule has 27 heavy (non-hydrogen) atoms. The first-order valence-electron chi connectivity index (χ1n) is 8.81. The molecule has 1 aliphatic heterocycles. The summed E-state index contributed by atoms with van der Waals surface area (Å²) in [6.07, 6.45) is 0. The van der Waals surface area contributed by atoms with E-state index in [2.05, 4.69) is 15.1 Å². The average molecular weight is 392 g/mol. The van der Waals surface area contributed by atoms with Crippen LogP contribution in [0.15, 0.2) is 23.4 Å². The molecule has 8 nitrogen and oxygen atoms in total. The number of nitrogens with zero attached hydrogens (tertiary/aromatic N) is 4. The van der Waals surface area contributed by atoms with Crippen molar-refractivity contribution in [3.05, 3.63) is 23.8 Å². The van der Waals surface area contributed by atoms with Gasteiger partial charge < -0.3 is 19.1 Å². The Morgan fingerprint density at radius 2 is 2.00 bits per heavy atom. The third kappa shape index (κ3) is 4.36. The van der Waals surface area contributed by atoms with Crippen molar-refractivity contribution in [3.63, 3.8) is 0 Å². The minimum absolute atomic E-state index is 0.0469. The zero-order valence-electron chi connectivity index (χ0n) is 15.8. The number of anilines is 1. The zero-order chi connectivity index (χ0) is 19.2. The Morgan fingerprint density at radius 3 is 2.67 bits per heavy atom. The van der Waals surface area contributed by atoms with Gasteiger partial charge >= 0.3 is 0 Å². The Labute approximate surface area is 162 Å². The van der Waals surface area contributed by atoms with Crippen molar-refractivity contribution < 1.29 is 19.0 Å². The Bertz CT molecular complexity index is 790. The topological polar surface area (TPSA) is 78.7 Å². The number of ketones is 1. The van der Waals surface area contributed by atoms with Crippen molar-refractivity contribution >= 4 is 23.5 Å². The fourth-order valence-electron chi connectivity index (χ4n) is 2.90. The third-order valence-electron chi connectivity index (χ3n) is 4.35. The fourth-order valence-corrected chi connectivity index (χ4v) is 3.78. The monoisotopic (exact) mass is 392 g/mol. The van der Waals surface area contributed by atoms with Crippen molar-refractivity contribution in [2.45, 2.75) is 18.6 Å². The summed E-state index contributed by atoms with van der Waals surface area (Å²) >= 11 is 1.38. The molecule has 9 heteroatoms. The summed E-state index contributed by atoms with van der Waals surface area (Å²) in [5.74, 6) is 2.18. The minimum atomic E-state index is -0.0469. The van der Waals surface area contributed by atoms with Crippen LogP contribution in [0.25, 0.3) is 0 Å². The van der Waals surface area contributed by atoms with Gasteiger partial charge in [0.15, 0.2) is 10.9 Å². The molecule has 0 atom stereocenters. The molecule has 2 heterocycles. The molecule has 0 aliphatic carbocycles. The molecule has 0 amide bonds. The molecule has 1 saturated heterocycles. The number of carbonyl (C=O) groups is 1. The zero-order valence-corrected chi connectivity index (χ0v) is 16.6. The van der Waals surface area contributed by atoms with E-state index in [4.69, 9.17) is 14.2 Å². The molecule has 1 aromatic carbocycles. The second-order valence-corrected chi connectivity index (χ2v) is 6.85. The van der Waals surface area contributed by atoms with Crippen LogP contribution in [-0.4, -0.2) is 66.8 Å². The van der Waals surface area contributed by atoms with E-state index < -0.39 is 0 Å². The molecule has 1 aromatic heterocycles. The number of hydrogen-bond donors (Lipinski definition) is 0. The van der Waals surface area contributed by atoms with Gasteiger partial charge in [-0.3, -0.25) is 9.36 Å². The second kappa shape index (κ2) is 9.09. The van der Waals surface area contributed by atoms with Gasteiger partial charge in [-0.2, -0.15) is 0 Å². The van der Waals surface area contributed by atoms with Gasteiger partial charge in [0.1, 0.15) is 11.5 Å². The molecule has 0 radical (unpaired) electrons. The largest absolute Gasteiger partial charge is 0.497 e. The molecule has 3 rings (SSSR count). The van der Waals surface area contributed by atoms with Gasteiger partial charge in [-0.1, -0.05) is 11.8 Å². The van der Waals surface area contributed by atoms with E-state index in [0.717, 1.165) is 30.7 Å². The molecule has 0 saturated carbocycles. The Balaban J connectivity index is 1.73. The molecule has 1 fully saturated rings. The Kier molecular flexibility index (Phi) is 6.57. The maximum absolute atomic E-state index is 12.7. The van der Waals surface area contributed by atoms with E-state index in [1.54, 1.807) is 32.4 Å². The van der Waals surface area contributed by atoms with Crippen molar-refractivity contribution in [1.29, 1.82) is 0 Å². The van der Waals surface area contributed by atoms with E-state index in [-0.39, 0.29) is 11.5 Å². The normalized spacial score (nSPS) is 14.3. The number of thioether (sulfide) groups is 1. The molecular weight excluding hydrogens is 368 g/mol. The number of hydrogen-bond acceptors (Lipinski definition) is 8. The van der Waals surface area contributed by atoms with Gasteiger partial charge in [0, 0.05) is 19.6 Å². The van der Waals surface area contributed by atoms with Crippen LogP contribution in [0.3, 0.4) is 0 Å². The highest BCUT2D eigenvalue weighted by Gasteiger charge is 2.21. The van der Waals surface area contributed by atoms with Crippen LogP contribution in [0.1, 0.15) is 17.3 Å². The first kappa shape index (κ1) is 19.5. The van der Waals surface area contributed by atoms with Crippen molar-refractivity contribution in [1.82, 2.24) is 14.8 Å². The molecule has 2 aromatic rings. The maximum Gasteiger partial charge on any atom is 0.228 e. The quantitative estimate of drug-likeness (QED) is 0.499. The number of rotatable bonds is 8.